The predicted octanol–water partition coefficient (Wildman–Crippen LogP) is 0.0466. The number of hydrogen-bond acceptors (Lipinski definition) is 4. The Morgan fingerprint density at radius 3 is 2.80 bits per heavy atom. The largest absolute Gasteiger partial charge is 0.373 e. The zero-order valence-corrected chi connectivity index (χ0v) is 9.47. The summed E-state index contributed by atoms with van der Waals surface area (Å²) in [7, 11) is 1.92. The van der Waals surface area contributed by atoms with Gasteiger partial charge < -0.3 is 10.6 Å². The second kappa shape index (κ2) is 4.93. The quantitative estimate of drug-likeness (QED) is 0.762. The van der Waals surface area contributed by atoms with Crippen LogP contribution in [0.25, 0.3) is 0 Å². The Hall–Kier alpha value is -1.36. The average molecular weight is 210 g/mol. The van der Waals surface area contributed by atoms with Crippen molar-refractivity contribution in [2.75, 3.05) is 18.5 Å². The summed E-state index contributed by atoms with van der Waals surface area (Å²) in [5.74, 6) is 0. The molecule has 0 amide bonds. The minimum Gasteiger partial charge on any atom is -0.373 e. The molecule has 5 nitrogen and oxygen atoms in total. The van der Waals surface area contributed by atoms with E-state index in [4.69, 9.17) is 5.73 Å². The smallest absolute Gasteiger partial charge is 0.268 e. The highest BCUT2D eigenvalue weighted by atomic mass is 16.1. The first-order chi connectivity index (χ1) is 7.04. The van der Waals surface area contributed by atoms with Crippen LogP contribution in [0, 0.1) is 0 Å². The van der Waals surface area contributed by atoms with E-state index in [1.807, 2.05) is 25.8 Å². The molecular formula is C10H18N4O. The molecule has 0 aliphatic heterocycles. The van der Waals surface area contributed by atoms with Crippen LogP contribution in [0.1, 0.15) is 13.8 Å². The molecule has 0 radical (unpaired) electrons. The molecule has 0 aliphatic carbocycles. The van der Waals surface area contributed by atoms with Crippen molar-refractivity contribution in [3.63, 3.8) is 0 Å². The van der Waals surface area contributed by atoms with E-state index in [0.29, 0.717) is 6.54 Å². The lowest BCUT2D eigenvalue weighted by atomic mass is 10.3. The number of rotatable bonds is 4. The summed E-state index contributed by atoms with van der Waals surface area (Å²) < 4.78 is 1.39. The summed E-state index contributed by atoms with van der Waals surface area (Å²) in [4.78, 5) is 13.6. The third-order valence-electron chi connectivity index (χ3n) is 2.23. The molecule has 0 spiro atoms. The fourth-order valence-electron chi connectivity index (χ4n) is 1.23. The molecule has 1 atom stereocenters. The summed E-state index contributed by atoms with van der Waals surface area (Å²) in [6.45, 7) is 5.17. The van der Waals surface area contributed by atoms with Gasteiger partial charge in [0.1, 0.15) is 0 Å². The standard InChI is InChI=1S/C10H18N4O/c1-4-13(3)9-5-10(15)14(12-6-9)7-8(2)11/h5-6,8H,4,7,11H2,1-3H3/t8-/m1/s1. The van der Waals surface area contributed by atoms with Crippen LogP contribution >= 0.6 is 0 Å². The van der Waals surface area contributed by atoms with Crippen molar-refractivity contribution in [1.29, 1.82) is 0 Å². The minimum absolute atomic E-state index is 0.0649. The van der Waals surface area contributed by atoms with Crippen molar-refractivity contribution in [2.24, 2.45) is 5.73 Å². The summed E-state index contributed by atoms with van der Waals surface area (Å²) in [5.41, 5.74) is 6.34. The van der Waals surface area contributed by atoms with Crippen molar-refractivity contribution in [1.82, 2.24) is 9.78 Å². The van der Waals surface area contributed by atoms with Gasteiger partial charge in [0.25, 0.3) is 5.56 Å². The fourth-order valence-corrected chi connectivity index (χ4v) is 1.23. The summed E-state index contributed by atoms with van der Waals surface area (Å²) in [6, 6.07) is 1.52. The molecule has 0 unspecified atom stereocenters. The van der Waals surface area contributed by atoms with Crippen LogP contribution in [-0.4, -0.2) is 29.4 Å². The van der Waals surface area contributed by atoms with Gasteiger partial charge >= 0.3 is 0 Å². The van der Waals surface area contributed by atoms with Gasteiger partial charge in [0.05, 0.1) is 18.4 Å². The van der Waals surface area contributed by atoms with Gasteiger partial charge in [-0.1, -0.05) is 0 Å². The van der Waals surface area contributed by atoms with Crippen molar-refractivity contribution in [3.05, 3.63) is 22.6 Å². The molecule has 15 heavy (non-hydrogen) atoms. The number of nitrogens with zero attached hydrogens (tertiary/aromatic N) is 3. The lowest BCUT2D eigenvalue weighted by molar-refractivity contribution is 0.513. The zero-order chi connectivity index (χ0) is 11.4. The summed E-state index contributed by atoms with van der Waals surface area (Å²) >= 11 is 0. The van der Waals surface area contributed by atoms with Gasteiger partial charge in [-0.25, -0.2) is 4.68 Å². The normalized spacial score (nSPS) is 12.5. The lowest BCUT2D eigenvalue weighted by Gasteiger charge is -2.16. The van der Waals surface area contributed by atoms with Crippen molar-refractivity contribution in [3.8, 4) is 0 Å². The van der Waals surface area contributed by atoms with Crippen molar-refractivity contribution >= 4 is 5.69 Å². The molecule has 1 heterocycles. The van der Waals surface area contributed by atoms with Crippen LogP contribution in [0.3, 0.4) is 0 Å². The molecule has 0 saturated carbocycles. The second-order valence-corrected chi connectivity index (χ2v) is 3.73. The molecule has 1 rings (SSSR count). The highest BCUT2D eigenvalue weighted by Crippen LogP contribution is 2.05. The number of anilines is 1. The van der Waals surface area contributed by atoms with Crippen LogP contribution in [0.4, 0.5) is 5.69 Å². The van der Waals surface area contributed by atoms with E-state index in [-0.39, 0.29) is 11.6 Å². The highest BCUT2D eigenvalue weighted by Gasteiger charge is 2.04. The number of hydrogen-bond donors (Lipinski definition) is 1. The maximum absolute atomic E-state index is 11.6. The number of nitrogens with two attached hydrogens (primary N) is 1. The van der Waals surface area contributed by atoms with E-state index >= 15 is 0 Å². The Bertz CT molecular complexity index is 372. The second-order valence-electron chi connectivity index (χ2n) is 3.73. The molecule has 0 saturated heterocycles. The van der Waals surface area contributed by atoms with Gasteiger partial charge in [-0.05, 0) is 13.8 Å². The molecule has 0 aliphatic rings. The van der Waals surface area contributed by atoms with Crippen molar-refractivity contribution < 1.29 is 0 Å². The van der Waals surface area contributed by atoms with Gasteiger partial charge in [-0.2, -0.15) is 5.10 Å². The van der Waals surface area contributed by atoms with Gasteiger partial charge in [0, 0.05) is 25.7 Å². The lowest BCUT2D eigenvalue weighted by Crippen LogP contribution is -2.32. The third kappa shape index (κ3) is 3.06. The van der Waals surface area contributed by atoms with E-state index in [2.05, 4.69) is 5.10 Å². The van der Waals surface area contributed by atoms with Gasteiger partial charge in [0.2, 0.25) is 0 Å². The van der Waals surface area contributed by atoms with Gasteiger partial charge in [-0.3, -0.25) is 4.79 Å². The van der Waals surface area contributed by atoms with Gasteiger partial charge in [-0.15, -0.1) is 0 Å². The molecule has 0 fully saturated rings. The van der Waals surface area contributed by atoms with Crippen molar-refractivity contribution in [2.45, 2.75) is 26.4 Å². The number of aromatic nitrogens is 2. The molecular weight excluding hydrogens is 192 g/mol. The van der Waals surface area contributed by atoms with E-state index in [0.717, 1.165) is 12.2 Å². The first-order valence-corrected chi connectivity index (χ1v) is 5.08. The minimum atomic E-state index is -0.106. The van der Waals surface area contributed by atoms with E-state index in [1.54, 1.807) is 12.3 Å². The van der Waals surface area contributed by atoms with Crippen LogP contribution in [0.15, 0.2) is 17.1 Å². The first-order valence-electron chi connectivity index (χ1n) is 5.08. The summed E-state index contributed by atoms with van der Waals surface area (Å²) in [6.07, 6.45) is 1.69. The molecule has 5 heteroatoms. The molecule has 1 aromatic heterocycles. The Kier molecular flexibility index (Phi) is 3.85. The van der Waals surface area contributed by atoms with Crippen LogP contribution in [0.2, 0.25) is 0 Å². The Balaban J connectivity index is 2.93. The van der Waals surface area contributed by atoms with Crippen LogP contribution in [0.5, 0.6) is 0 Å². The monoisotopic (exact) mass is 210 g/mol. The Labute approximate surface area is 89.5 Å². The zero-order valence-electron chi connectivity index (χ0n) is 9.47. The van der Waals surface area contributed by atoms with Gasteiger partial charge in [0.15, 0.2) is 0 Å². The maximum Gasteiger partial charge on any atom is 0.268 e. The predicted molar refractivity (Wildman–Crippen MR) is 61.1 cm³/mol. The Morgan fingerprint density at radius 2 is 2.33 bits per heavy atom. The van der Waals surface area contributed by atoms with E-state index in [9.17, 15) is 4.79 Å². The molecule has 0 bridgehead atoms. The maximum atomic E-state index is 11.6. The SMILES string of the molecule is CCN(C)c1cnn(C[C@@H](C)N)c(=O)c1. The first kappa shape index (κ1) is 11.7. The highest BCUT2D eigenvalue weighted by molar-refractivity contribution is 5.41. The van der Waals surface area contributed by atoms with E-state index < -0.39 is 0 Å². The van der Waals surface area contributed by atoms with Crippen LogP contribution < -0.4 is 16.2 Å². The Morgan fingerprint density at radius 1 is 1.67 bits per heavy atom. The fraction of sp³-hybridized carbons (Fsp3) is 0.600. The molecule has 84 valence electrons. The molecule has 1 aromatic rings. The molecule has 0 aromatic carbocycles. The van der Waals surface area contributed by atoms with Crippen LogP contribution in [-0.2, 0) is 6.54 Å². The summed E-state index contributed by atoms with van der Waals surface area (Å²) in [5, 5.41) is 4.07. The van der Waals surface area contributed by atoms with E-state index in [1.165, 1.54) is 4.68 Å². The topological polar surface area (TPSA) is 64.2 Å². The third-order valence-corrected chi connectivity index (χ3v) is 2.23. The molecule has 2 N–H and O–H groups in total. The average Bonchev–Trinajstić information content (AvgIpc) is 2.19.